The summed E-state index contributed by atoms with van der Waals surface area (Å²) in [4.78, 5) is 12.6. The van der Waals surface area contributed by atoms with E-state index in [1.807, 2.05) is 24.3 Å². The molecule has 116 valence electrons. The van der Waals surface area contributed by atoms with E-state index in [0.29, 0.717) is 5.92 Å². The van der Waals surface area contributed by atoms with Crippen LogP contribution < -0.4 is 11.1 Å². The molecule has 1 aliphatic carbocycles. The van der Waals surface area contributed by atoms with Gasteiger partial charge in [-0.05, 0) is 42.9 Å². The number of hydrogen-bond donors (Lipinski definition) is 2. The lowest BCUT2D eigenvalue weighted by molar-refractivity contribution is -0.123. The molecular formula is C18H28N2O. The molecule has 0 saturated heterocycles. The molecule has 3 nitrogen and oxygen atoms in total. The third-order valence-corrected chi connectivity index (χ3v) is 4.74. The number of carbonyl (C=O) groups excluding carboxylic acids is 1. The van der Waals surface area contributed by atoms with Gasteiger partial charge < -0.3 is 11.1 Å². The lowest BCUT2D eigenvalue weighted by atomic mass is 9.94. The Labute approximate surface area is 128 Å². The molecule has 0 spiro atoms. The number of anilines is 1. The molecule has 3 N–H and O–H groups in total. The van der Waals surface area contributed by atoms with Crippen LogP contribution in [0.25, 0.3) is 0 Å². The van der Waals surface area contributed by atoms with Gasteiger partial charge >= 0.3 is 0 Å². The lowest BCUT2D eigenvalue weighted by Gasteiger charge is -2.20. The standard InChI is InChI=1S/C18H28N2O/c1-3-5-6-14(4-2)13-20-17(21)18(11-12-18)15-7-9-16(19)10-8-15/h7-10,14H,3-6,11-13,19H2,1-2H3,(H,20,21). The summed E-state index contributed by atoms with van der Waals surface area (Å²) < 4.78 is 0. The van der Waals surface area contributed by atoms with Crippen LogP contribution in [0.1, 0.15) is 57.9 Å². The predicted molar refractivity (Wildman–Crippen MR) is 88.1 cm³/mol. The molecular weight excluding hydrogens is 260 g/mol. The van der Waals surface area contributed by atoms with E-state index in [1.165, 1.54) is 19.3 Å². The normalized spacial score (nSPS) is 17.2. The van der Waals surface area contributed by atoms with E-state index in [-0.39, 0.29) is 11.3 Å². The van der Waals surface area contributed by atoms with E-state index in [0.717, 1.165) is 37.1 Å². The van der Waals surface area contributed by atoms with Gasteiger partial charge in [-0.1, -0.05) is 45.2 Å². The van der Waals surface area contributed by atoms with Crippen LogP contribution in [0.3, 0.4) is 0 Å². The van der Waals surface area contributed by atoms with Crippen molar-refractivity contribution in [2.45, 2.75) is 57.8 Å². The SMILES string of the molecule is CCCCC(CC)CNC(=O)C1(c2ccc(N)cc2)CC1. The minimum absolute atomic E-state index is 0.196. The highest BCUT2D eigenvalue weighted by Gasteiger charge is 2.51. The minimum Gasteiger partial charge on any atom is -0.399 e. The van der Waals surface area contributed by atoms with Crippen molar-refractivity contribution in [2.75, 3.05) is 12.3 Å². The van der Waals surface area contributed by atoms with Gasteiger partial charge in [-0.25, -0.2) is 0 Å². The quantitative estimate of drug-likeness (QED) is 0.718. The van der Waals surface area contributed by atoms with E-state index >= 15 is 0 Å². The predicted octanol–water partition coefficient (Wildman–Crippen LogP) is 3.63. The topological polar surface area (TPSA) is 55.1 Å². The third-order valence-electron chi connectivity index (χ3n) is 4.74. The number of rotatable bonds is 8. The largest absolute Gasteiger partial charge is 0.399 e. The summed E-state index contributed by atoms with van der Waals surface area (Å²) in [6.07, 6.45) is 6.72. The number of nitrogens with one attached hydrogen (secondary N) is 1. The van der Waals surface area contributed by atoms with Crippen LogP contribution >= 0.6 is 0 Å². The number of nitrogens with two attached hydrogens (primary N) is 1. The van der Waals surface area contributed by atoms with Crippen molar-refractivity contribution in [3.8, 4) is 0 Å². The Hall–Kier alpha value is -1.51. The highest BCUT2D eigenvalue weighted by atomic mass is 16.2. The zero-order valence-corrected chi connectivity index (χ0v) is 13.3. The molecule has 3 heteroatoms. The second-order valence-corrected chi connectivity index (χ2v) is 6.33. The van der Waals surface area contributed by atoms with Crippen LogP contribution in [0.15, 0.2) is 24.3 Å². The van der Waals surface area contributed by atoms with Gasteiger partial charge in [-0.15, -0.1) is 0 Å². The third kappa shape index (κ3) is 3.78. The maximum absolute atomic E-state index is 12.6. The smallest absolute Gasteiger partial charge is 0.230 e. The Morgan fingerprint density at radius 2 is 1.95 bits per heavy atom. The van der Waals surface area contributed by atoms with Gasteiger partial charge in [0.15, 0.2) is 0 Å². The Morgan fingerprint density at radius 3 is 2.48 bits per heavy atom. The van der Waals surface area contributed by atoms with Crippen LogP contribution in [0.4, 0.5) is 5.69 Å². The van der Waals surface area contributed by atoms with Crippen LogP contribution in [-0.2, 0) is 10.2 Å². The first-order valence-electron chi connectivity index (χ1n) is 8.26. The van der Waals surface area contributed by atoms with E-state index in [2.05, 4.69) is 19.2 Å². The molecule has 1 unspecified atom stereocenters. The summed E-state index contributed by atoms with van der Waals surface area (Å²) in [7, 11) is 0. The molecule has 0 heterocycles. The van der Waals surface area contributed by atoms with Gasteiger partial charge in [0.05, 0.1) is 5.41 Å². The highest BCUT2D eigenvalue weighted by molar-refractivity contribution is 5.91. The number of hydrogen-bond acceptors (Lipinski definition) is 2. The summed E-state index contributed by atoms with van der Waals surface area (Å²) in [6, 6.07) is 7.77. The van der Waals surface area contributed by atoms with Crippen LogP contribution in [0, 0.1) is 5.92 Å². The van der Waals surface area contributed by atoms with Crippen LogP contribution in [0.5, 0.6) is 0 Å². The Kier molecular flexibility index (Phi) is 5.27. The van der Waals surface area contributed by atoms with Gasteiger partial charge in [0.1, 0.15) is 0 Å². The van der Waals surface area contributed by atoms with Gasteiger partial charge in [-0.3, -0.25) is 4.79 Å². The maximum atomic E-state index is 12.6. The summed E-state index contributed by atoms with van der Waals surface area (Å²) in [5.74, 6) is 0.804. The number of amides is 1. The molecule has 1 aromatic carbocycles. The van der Waals surface area contributed by atoms with Gasteiger partial charge in [-0.2, -0.15) is 0 Å². The molecule has 1 fully saturated rings. The van der Waals surface area contributed by atoms with Gasteiger partial charge in [0.2, 0.25) is 5.91 Å². The Balaban J connectivity index is 1.92. The molecule has 0 aliphatic heterocycles. The minimum atomic E-state index is -0.281. The maximum Gasteiger partial charge on any atom is 0.230 e. The van der Waals surface area contributed by atoms with Crippen LogP contribution in [-0.4, -0.2) is 12.5 Å². The molecule has 21 heavy (non-hydrogen) atoms. The first-order chi connectivity index (χ1) is 10.1. The fraction of sp³-hybridized carbons (Fsp3) is 0.611. The van der Waals surface area contributed by atoms with Gasteiger partial charge in [0.25, 0.3) is 0 Å². The van der Waals surface area contributed by atoms with E-state index in [1.54, 1.807) is 0 Å². The summed E-state index contributed by atoms with van der Waals surface area (Å²) in [5.41, 5.74) is 7.31. The van der Waals surface area contributed by atoms with Crippen molar-refractivity contribution in [3.63, 3.8) is 0 Å². The highest BCUT2D eigenvalue weighted by Crippen LogP contribution is 2.48. The first-order valence-corrected chi connectivity index (χ1v) is 8.26. The van der Waals surface area contributed by atoms with Crippen molar-refractivity contribution in [1.29, 1.82) is 0 Å². The van der Waals surface area contributed by atoms with E-state index < -0.39 is 0 Å². The molecule has 1 amide bonds. The van der Waals surface area contributed by atoms with Crippen molar-refractivity contribution >= 4 is 11.6 Å². The van der Waals surface area contributed by atoms with Crippen molar-refractivity contribution in [3.05, 3.63) is 29.8 Å². The molecule has 2 rings (SSSR count). The molecule has 1 aliphatic rings. The van der Waals surface area contributed by atoms with Crippen molar-refractivity contribution in [1.82, 2.24) is 5.32 Å². The summed E-state index contributed by atoms with van der Waals surface area (Å²) in [6.45, 7) is 5.23. The lowest BCUT2D eigenvalue weighted by Crippen LogP contribution is -2.37. The monoisotopic (exact) mass is 288 g/mol. The van der Waals surface area contributed by atoms with Gasteiger partial charge in [0, 0.05) is 12.2 Å². The van der Waals surface area contributed by atoms with E-state index in [9.17, 15) is 4.79 Å². The molecule has 1 saturated carbocycles. The number of nitrogen functional groups attached to an aromatic ring is 1. The second kappa shape index (κ2) is 6.97. The fourth-order valence-corrected chi connectivity index (χ4v) is 2.92. The average Bonchev–Trinajstić information content (AvgIpc) is 3.29. The molecule has 0 bridgehead atoms. The Morgan fingerprint density at radius 1 is 1.29 bits per heavy atom. The summed E-state index contributed by atoms with van der Waals surface area (Å²) >= 11 is 0. The average molecular weight is 288 g/mol. The Bertz CT molecular complexity index is 463. The zero-order chi connectivity index (χ0) is 15.3. The second-order valence-electron chi connectivity index (χ2n) is 6.33. The molecule has 1 atom stereocenters. The van der Waals surface area contributed by atoms with Crippen LogP contribution in [0.2, 0.25) is 0 Å². The fourth-order valence-electron chi connectivity index (χ4n) is 2.92. The molecule has 1 aromatic rings. The molecule has 0 aromatic heterocycles. The first kappa shape index (κ1) is 15.9. The number of benzene rings is 1. The van der Waals surface area contributed by atoms with Crippen molar-refractivity contribution < 1.29 is 4.79 Å². The number of carbonyl (C=O) groups is 1. The molecule has 0 radical (unpaired) electrons. The summed E-state index contributed by atoms with van der Waals surface area (Å²) in [5, 5.41) is 3.19. The van der Waals surface area contributed by atoms with Crippen molar-refractivity contribution in [2.24, 2.45) is 5.92 Å². The van der Waals surface area contributed by atoms with E-state index in [4.69, 9.17) is 5.73 Å². The number of unbranched alkanes of at least 4 members (excludes halogenated alkanes) is 1. The zero-order valence-electron chi connectivity index (χ0n) is 13.3.